The summed E-state index contributed by atoms with van der Waals surface area (Å²) in [4.78, 5) is 22.4. The molecule has 1 atom stereocenters. The molecule has 1 aromatic heterocycles. The quantitative estimate of drug-likeness (QED) is 0.627. The zero-order valence-corrected chi connectivity index (χ0v) is 17.5. The van der Waals surface area contributed by atoms with Crippen LogP contribution in [-0.4, -0.2) is 42.7 Å². The molecule has 0 aliphatic rings. The molecule has 0 aliphatic heterocycles. The molecule has 0 spiro atoms. The Bertz CT molecular complexity index is 1050. The van der Waals surface area contributed by atoms with Gasteiger partial charge < -0.3 is 19.2 Å². The van der Waals surface area contributed by atoms with Gasteiger partial charge in [0.2, 0.25) is 0 Å². The van der Waals surface area contributed by atoms with Gasteiger partial charge in [-0.05, 0) is 37.2 Å². The predicted octanol–water partition coefficient (Wildman–Crippen LogP) is 3.53. The molecule has 0 aliphatic carbocycles. The summed E-state index contributed by atoms with van der Waals surface area (Å²) in [5.74, 6) is 2.47. The number of fused-ring (bicyclic) bond motifs is 1. The fourth-order valence-corrected chi connectivity index (χ4v) is 3.42. The van der Waals surface area contributed by atoms with Gasteiger partial charge in [0.1, 0.15) is 11.6 Å². The van der Waals surface area contributed by atoms with E-state index < -0.39 is 0 Å². The molecule has 2 aromatic carbocycles. The number of aromatic nitrogens is 2. The molecule has 1 heterocycles. The molecule has 0 amide bonds. The summed E-state index contributed by atoms with van der Waals surface area (Å²) in [5, 5.41) is 0.468. The van der Waals surface area contributed by atoms with Gasteiger partial charge in [-0.2, -0.15) is 0 Å². The molecular weight excluding hydrogens is 370 g/mol. The van der Waals surface area contributed by atoms with Crippen molar-refractivity contribution in [2.75, 3.05) is 27.9 Å². The summed E-state index contributed by atoms with van der Waals surface area (Å²) < 4.78 is 16.0. The van der Waals surface area contributed by atoms with Crippen molar-refractivity contribution in [3.63, 3.8) is 0 Å². The average molecular weight is 397 g/mol. The summed E-state index contributed by atoms with van der Waals surface area (Å²) in [6.07, 6.45) is 0. The second kappa shape index (κ2) is 8.96. The summed E-state index contributed by atoms with van der Waals surface area (Å²) in [5.41, 5.74) is 1.52. The van der Waals surface area contributed by atoms with Crippen molar-refractivity contribution >= 4 is 10.9 Å². The standard InChI is InChI=1S/C22H27N3O4/c1-6-25(14(2)15-8-7-9-16(10-15)27-3)13-21-23-18-12-20(29-5)19(28-4)11-17(18)22(26)24-21/h7-12,14H,6,13H2,1-5H3,(H,23,24,26)/t14-/m0/s1. The maximum absolute atomic E-state index is 12.6. The van der Waals surface area contributed by atoms with Crippen molar-refractivity contribution in [1.82, 2.24) is 14.9 Å². The fourth-order valence-electron chi connectivity index (χ4n) is 3.42. The highest BCUT2D eigenvalue weighted by Crippen LogP contribution is 2.30. The number of nitrogens with zero attached hydrogens (tertiary/aromatic N) is 2. The highest BCUT2D eigenvalue weighted by molar-refractivity contribution is 5.81. The molecule has 0 radical (unpaired) electrons. The van der Waals surface area contributed by atoms with Crippen LogP contribution in [0.2, 0.25) is 0 Å². The fraction of sp³-hybridized carbons (Fsp3) is 0.364. The van der Waals surface area contributed by atoms with E-state index in [1.54, 1.807) is 33.5 Å². The first-order valence-electron chi connectivity index (χ1n) is 9.53. The van der Waals surface area contributed by atoms with E-state index in [0.717, 1.165) is 17.9 Å². The maximum Gasteiger partial charge on any atom is 0.258 e. The van der Waals surface area contributed by atoms with Crippen LogP contribution in [-0.2, 0) is 6.54 Å². The third-order valence-electron chi connectivity index (χ3n) is 5.14. The minimum Gasteiger partial charge on any atom is -0.497 e. The average Bonchev–Trinajstić information content (AvgIpc) is 2.76. The Hall–Kier alpha value is -3.06. The van der Waals surface area contributed by atoms with Crippen molar-refractivity contribution in [3.8, 4) is 17.2 Å². The number of aromatic amines is 1. The van der Waals surface area contributed by atoms with Crippen LogP contribution in [0, 0.1) is 0 Å². The number of hydrogen-bond donors (Lipinski definition) is 1. The number of nitrogens with one attached hydrogen (secondary N) is 1. The number of H-pyrrole nitrogens is 1. The van der Waals surface area contributed by atoms with Crippen molar-refractivity contribution in [2.45, 2.75) is 26.4 Å². The molecule has 7 nitrogen and oxygen atoms in total. The minimum atomic E-state index is -0.198. The van der Waals surface area contributed by atoms with Crippen molar-refractivity contribution in [3.05, 3.63) is 58.1 Å². The molecular formula is C22H27N3O4. The van der Waals surface area contributed by atoms with Gasteiger partial charge in [0.15, 0.2) is 11.5 Å². The van der Waals surface area contributed by atoms with E-state index in [1.165, 1.54) is 0 Å². The topological polar surface area (TPSA) is 76.7 Å². The molecule has 3 aromatic rings. The molecule has 0 saturated carbocycles. The van der Waals surface area contributed by atoms with E-state index >= 15 is 0 Å². The zero-order valence-electron chi connectivity index (χ0n) is 17.5. The Labute approximate surface area is 170 Å². The molecule has 29 heavy (non-hydrogen) atoms. The number of ether oxygens (including phenoxy) is 3. The Morgan fingerprint density at radius 3 is 2.45 bits per heavy atom. The number of rotatable bonds is 8. The molecule has 7 heteroatoms. The number of benzene rings is 2. The first kappa shape index (κ1) is 20.7. The normalized spacial score (nSPS) is 12.2. The highest BCUT2D eigenvalue weighted by Gasteiger charge is 2.18. The second-order valence-electron chi connectivity index (χ2n) is 6.75. The molecule has 154 valence electrons. The summed E-state index contributed by atoms with van der Waals surface area (Å²) in [6, 6.07) is 11.5. The van der Waals surface area contributed by atoms with Crippen LogP contribution in [0.15, 0.2) is 41.2 Å². The van der Waals surface area contributed by atoms with Gasteiger partial charge in [-0.15, -0.1) is 0 Å². The third-order valence-corrected chi connectivity index (χ3v) is 5.14. The Kier molecular flexibility index (Phi) is 6.39. The van der Waals surface area contributed by atoms with E-state index in [0.29, 0.717) is 34.8 Å². The minimum absolute atomic E-state index is 0.126. The van der Waals surface area contributed by atoms with E-state index in [9.17, 15) is 4.79 Å². The molecule has 0 fully saturated rings. The largest absolute Gasteiger partial charge is 0.497 e. The lowest BCUT2D eigenvalue weighted by molar-refractivity contribution is 0.207. The molecule has 0 bridgehead atoms. The Morgan fingerprint density at radius 2 is 1.79 bits per heavy atom. The highest BCUT2D eigenvalue weighted by atomic mass is 16.5. The number of hydrogen-bond acceptors (Lipinski definition) is 6. The Morgan fingerprint density at radius 1 is 1.07 bits per heavy atom. The van der Waals surface area contributed by atoms with Crippen LogP contribution < -0.4 is 19.8 Å². The summed E-state index contributed by atoms with van der Waals surface area (Å²) >= 11 is 0. The zero-order chi connectivity index (χ0) is 21.0. The van der Waals surface area contributed by atoms with Crippen molar-refractivity contribution in [2.24, 2.45) is 0 Å². The summed E-state index contributed by atoms with van der Waals surface area (Å²) in [7, 11) is 4.76. The summed E-state index contributed by atoms with van der Waals surface area (Å²) in [6.45, 7) is 5.52. The van der Waals surface area contributed by atoms with Gasteiger partial charge >= 0.3 is 0 Å². The van der Waals surface area contributed by atoms with Crippen molar-refractivity contribution < 1.29 is 14.2 Å². The van der Waals surface area contributed by atoms with Gasteiger partial charge in [0, 0.05) is 12.1 Å². The Balaban J connectivity index is 1.93. The van der Waals surface area contributed by atoms with Crippen LogP contribution >= 0.6 is 0 Å². The lowest BCUT2D eigenvalue weighted by atomic mass is 10.1. The molecule has 3 rings (SSSR count). The van der Waals surface area contributed by atoms with Gasteiger partial charge in [-0.25, -0.2) is 4.98 Å². The van der Waals surface area contributed by atoms with E-state index in [-0.39, 0.29) is 11.6 Å². The van der Waals surface area contributed by atoms with E-state index in [2.05, 4.69) is 34.8 Å². The van der Waals surface area contributed by atoms with E-state index in [1.807, 2.05) is 18.2 Å². The predicted molar refractivity (Wildman–Crippen MR) is 113 cm³/mol. The monoisotopic (exact) mass is 397 g/mol. The SMILES string of the molecule is CCN(Cc1nc2cc(OC)c(OC)cc2c(=O)[nH]1)[C@@H](C)c1cccc(OC)c1. The molecule has 1 N–H and O–H groups in total. The lowest BCUT2D eigenvalue weighted by Gasteiger charge is -2.28. The van der Waals surface area contributed by atoms with Crippen LogP contribution in [0.25, 0.3) is 10.9 Å². The third kappa shape index (κ3) is 4.35. The number of methoxy groups -OCH3 is 3. The van der Waals surface area contributed by atoms with Gasteiger partial charge in [-0.3, -0.25) is 9.69 Å². The molecule has 0 unspecified atom stereocenters. The van der Waals surface area contributed by atoms with Crippen LogP contribution in [0.5, 0.6) is 17.2 Å². The van der Waals surface area contributed by atoms with Crippen LogP contribution in [0.3, 0.4) is 0 Å². The maximum atomic E-state index is 12.6. The first-order valence-corrected chi connectivity index (χ1v) is 9.53. The lowest BCUT2D eigenvalue weighted by Crippen LogP contribution is -2.28. The van der Waals surface area contributed by atoms with Crippen molar-refractivity contribution in [1.29, 1.82) is 0 Å². The van der Waals surface area contributed by atoms with Gasteiger partial charge in [-0.1, -0.05) is 19.1 Å². The first-order chi connectivity index (χ1) is 14.0. The van der Waals surface area contributed by atoms with Crippen LogP contribution in [0.4, 0.5) is 0 Å². The van der Waals surface area contributed by atoms with Gasteiger partial charge in [0.05, 0.1) is 38.8 Å². The van der Waals surface area contributed by atoms with E-state index in [4.69, 9.17) is 14.2 Å². The molecule has 0 saturated heterocycles. The second-order valence-corrected chi connectivity index (χ2v) is 6.75. The smallest absolute Gasteiger partial charge is 0.258 e. The van der Waals surface area contributed by atoms with Gasteiger partial charge in [0.25, 0.3) is 5.56 Å². The van der Waals surface area contributed by atoms with Crippen LogP contribution in [0.1, 0.15) is 31.3 Å².